The van der Waals surface area contributed by atoms with E-state index in [1.54, 1.807) is 10.3 Å². The zero-order valence-electron chi connectivity index (χ0n) is 11.0. The maximum Gasteiger partial charge on any atom is 0.303 e. The summed E-state index contributed by atoms with van der Waals surface area (Å²) in [5, 5.41) is 11.4. The van der Waals surface area contributed by atoms with Gasteiger partial charge in [-0.2, -0.15) is 0 Å². The highest BCUT2D eigenvalue weighted by Crippen LogP contribution is 2.23. The molecule has 5 nitrogen and oxygen atoms in total. The van der Waals surface area contributed by atoms with Gasteiger partial charge in [0.15, 0.2) is 0 Å². The second-order valence-corrected chi connectivity index (χ2v) is 5.89. The Morgan fingerprint density at radius 3 is 2.95 bits per heavy atom. The fourth-order valence-corrected chi connectivity index (χ4v) is 3.05. The monoisotopic (exact) mass is 282 g/mol. The highest BCUT2D eigenvalue weighted by atomic mass is 32.1. The average Bonchev–Trinajstić information content (AvgIpc) is 2.82. The highest BCUT2D eigenvalue weighted by molar-refractivity contribution is 7.09. The first-order chi connectivity index (χ1) is 9.08. The molecule has 0 bridgehead atoms. The van der Waals surface area contributed by atoms with Crippen molar-refractivity contribution in [2.45, 2.75) is 45.1 Å². The molecule has 1 atom stereocenters. The molecular weight excluding hydrogens is 264 g/mol. The summed E-state index contributed by atoms with van der Waals surface area (Å²) >= 11 is 1.46. The van der Waals surface area contributed by atoms with Crippen LogP contribution in [0.5, 0.6) is 0 Å². The van der Waals surface area contributed by atoms with Crippen molar-refractivity contribution >= 4 is 23.2 Å². The summed E-state index contributed by atoms with van der Waals surface area (Å²) in [6.45, 7) is 2.58. The number of amides is 1. The first kappa shape index (κ1) is 14.0. The van der Waals surface area contributed by atoms with Crippen LogP contribution in [0.25, 0.3) is 0 Å². The molecular formula is C13H18N2O3S. The number of thiazole rings is 1. The topological polar surface area (TPSA) is 70.5 Å². The molecule has 0 saturated carbocycles. The number of rotatable bonds is 4. The summed E-state index contributed by atoms with van der Waals surface area (Å²) in [4.78, 5) is 29.1. The molecule has 1 saturated heterocycles. The van der Waals surface area contributed by atoms with Gasteiger partial charge < -0.3 is 10.0 Å². The maximum atomic E-state index is 12.4. The molecule has 104 valence electrons. The van der Waals surface area contributed by atoms with Gasteiger partial charge in [0.05, 0.1) is 5.01 Å². The lowest BCUT2D eigenvalue weighted by Gasteiger charge is -2.35. The second-order valence-electron chi connectivity index (χ2n) is 4.83. The molecule has 1 N–H and O–H groups in total. The molecule has 1 amide bonds. The van der Waals surface area contributed by atoms with Crippen LogP contribution in [-0.4, -0.2) is 39.5 Å². The Morgan fingerprint density at radius 2 is 2.32 bits per heavy atom. The zero-order valence-corrected chi connectivity index (χ0v) is 11.8. The second kappa shape index (κ2) is 6.14. The molecule has 1 aliphatic rings. The van der Waals surface area contributed by atoms with Gasteiger partial charge in [0.2, 0.25) is 0 Å². The van der Waals surface area contributed by atoms with Crippen molar-refractivity contribution in [1.29, 1.82) is 0 Å². The number of aryl methyl sites for hydroxylation is 1. The van der Waals surface area contributed by atoms with Crippen LogP contribution in [-0.2, 0) is 4.79 Å². The van der Waals surface area contributed by atoms with Crippen molar-refractivity contribution in [1.82, 2.24) is 9.88 Å². The van der Waals surface area contributed by atoms with E-state index < -0.39 is 5.97 Å². The Balaban J connectivity index is 2.06. The van der Waals surface area contributed by atoms with Gasteiger partial charge in [-0.25, -0.2) is 4.98 Å². The SMILES string of the molecule is Cc1nc(C(=O)N2CCCC[C@@H]2CCC(=O)O)cs1. The molecule has 0 unspecified atom stereocenters. The van der Waals surface area contributed by atoms with Gasteiger partial charge in [0.25, 0.3) is 5.91 Å². The molecule has 1 aromatic heterocycles. The maximum absolute atomic E-state index is 12.4. The van der Waals surface area contributed by atoms with Crippen molar-refractivity contribution in [3.8, 4) is 0 Å². The van der Waals surface area contributed by atoms with Crippen LogP contribution in [0.1, 0.15) is 47.6 Å². The third-order valence-corrected chi connectivity index (χ3v) is 4.19. The van der Waals surface area contributed by atoms with E-state index >= 15 is 0 Å². The van der Waals surface area contributed by atoms with Crippen LogP contribution < -0.4 is 0 Å². The summed E-state index contributed by atoms with van der Waals surface area (Å²) in [7, 11) is 0. The number of aromatic nitrogens is 1. The summed E-state index contributed by atoms with van der Waals surface area (Å²) in [6.07, 6.45) is 3.58. The molecule has 6 heteroatoms. The number of carboxylic acid groups (broad SMARTS) is 1. The summed E-state index contributed by atoms with van der Waals surface area (Å²) in [5.74, 6) is -0.859. The van der Waals surface area contributed by atoms with E-state index in [0.717, 1.165) is 24.3 Å². The molecule has 2 heterocycles. The van der Waals surface area contributed by atoms with Crippen LogP contribution in [0.15, 0.2) is 5.38 Å². The van der Waals surface area contributed by atoms with Crippen LogP contribution in [0.2, 0.25) is 0 Å². The minimum Gasteiger partial charge on any atom is -0.481 e. The Bertz CT molecular complexity index is 472. The quantitative estimate of drug-likeness (QED) is 0.920. The third kappa shape index (κ3) is 3.53. The smallest absolute Gasteiger partial charge is 0.303 e. The molecule has 1 aliphatic heterocycles. The van der Waals surface area contributed by atoms with Crippen molar-refractivity contribution in [2.24, 2.45) is 0 Å². The highest BCUT2D eigenvalue weighted by Gasteiger charge is 2.28. The predicted molar refractivity (Wildman–Crippen MR) is 72.4 cm³/mol. The molecule has 0 spiro atoms. The number of aliphatic carboxylic acids is 1. The fourth-order valence-electron chi connectivity index (χ4n) is 2.47. The number of hydrogen-bond acceptors (Lipinski definition) is 4. The van der Waals surface area contributed by atoms with Crippen molar-refractivity contribution in [3.63, 3.8) is 0 Å². The van der Waals surface area contributed by atoms with Gasteiger partial charge >= 0.3 is 5.97 Å². The van der Waals surface area contributed by atoms with E-state index in [4.69, 9.17) is 5.11 Å². The molecule has 19 heavy (non-hydrogen) atoms. The van der Waals surface area contributed by atoms with Crippen LogP contribution >= 0.6 is 11.3 Å². The van der Waals surface area contributed by atoms with Gasteiger partial charge in [-0.3, -0.25) is 9.59 Å². The van der Waals surface area contributed by atoms with Crippen LogP contribution in [0.3, 0.4) is 0 Å². The summed E-state index contributed by atoms with van der Waals surface area (Å²) in [6, 6.07) is 0.0411. The Kier molecular flexibility index (Phi) is 4.52. The molecule has 1 fully saturated rings. The first-order valence-electron chi connectivity index (χ1n) is 6.53. The van der Waals surface area contributed by atoms with E-state index in [1.165, 1.54) is 11.3 Å². The van der Waals surface area contributed by atoms with Crippen LogP contribution in [0.4, 0.5) is 0 Å². The number of likely N-dealkylation sites (tertiary alicyclic amines) is 1. The lowest BCUT2D eigenvalue weighted by atomic mass is 9.97. The van der Waals surface area contributed by atoms with Gasteiger partial charge in [0, 0.05) is 24.4 Å². The Hall–Kier alpha value is -1.43. The first-order valence-corrected chi connectivity index (χ1v) is 7.41. The van der Waals surface area contributed by atoms with Crippen molar-refractivity contribution in [3.05, 3.63) is 16.1 Å². The largest absolute Gasteiger partial charge is 0.481 e. The molecule has 0 radical (unpaired) electrons. The van der Waals surface area contributed by atoms with E-state index in [2.05, 4.69) is 4.98 Å². The minimum atomic E-state index is -0.803. The summed E-state index contributed by atoms with van der Waals surface area (Å²) in [5.41, 5.74) is 0.490. The minimum absolute atomic E-state index is 0.0411. The third-order valence-electron chi connectivity index (χ3n) is 3.42. The Labute approximate surface area is 116 Å². The summed E-state index contributed by atoms with van der Waals surface area (Å²) < 4.78 is 0. The molecule has 0 aliphatic carbocycles. The van der Waals surface area contributed by atoms with Gasteiger partial charge in [-0.1, -0.05) is 0 Å². The zero-order chi connectivity index (χ0) is 13.8. The molecule has 1 aromatic rings. The number of nitrogens with zero attached hydrogens (tertiary/aromatic N) is 2. The normalized spacial score (nSPS) is 19.4. The number of carboxylic acids is 1. The number of carbonyl (C=O) groups is 2. The predicted octanol–water partition coefficient (Wildman–Crippen LogP) is 2.31. The number of carbonyl (C=O) groups excluding carboxylic acids is 1. The fraction of sp³-hybridized carbons (Fsp3) is 0.615. The average molecular weight is 282 g/mol. The van der Waals surface area contributed by atoms with Gasteiger partial charge in [0.1, 0.15) is 5.69 Å². The Morgan fingerprint density at radius 1 is 1.53 bits per heavy atom. The standard InChI is InChI=1S/C13H18N2O3S/c1-9-14-11(8-19-9)13(18)15-7-3-2-4-10(15)5-6-12(16)17/h8,10H,2-7H2,1H3,(H,16,17)/t10-/m1/s1. The number of piperidine rings is 1. The van der Waals surface area contributed by atoms with Crippen molar-refractivity contribution in [2.75, 3.05) is 6.54 Å². The van der Waals surface area contributed by atoms with Gasteiger partial charge in [-0.05, 0) is 32.6 Å². The van der Waals surface area contributed by atoms with E-state index in [1.807, 2.05) is 6.92 Å². The van der Waals surface area contributed by atoms with E-state index in [9.17, 15) is 9.59 Å². The number of hydrogen-bond donors (Lipinski definition) is 1. The lowest BCUT2D eigenvalue weighted by molar-refractivity contribution is -0.137. The van der Waals surface area contributed by atoms with Crippen molar-refractivity contribution < 1.29 is 14.7 Å². The van der Waals surface area contributed by atoms with E-state index in [0.29, 0.717) is 18.7 Å². The lowest BCUT2D eigenvalue weighted by Crippen LogP contribution is -2.44. The molecule has 2 rings (SSSR count). The van der Waals surface area contributed by atoms with Gasteiger partial charge in [-0.15, -0.1) is 11.3 Å². The van der Waals surface area contributed by atoms with Crippen LogP contribution in [0, 0.1) is 6.92 Å². The van der Waals surface area contributed by atoms with E-state index in [-0.39, 0.29) is 18.4 Å². The molecule has 0 aromatic carbocycles.